The molecule has 0 saturated heterocycles. The molecule has 0 aliphatic rings. The summed E-state index contributed by atoms with van der Waals surface area (Å²) < 4.78 is 0. The molecule has 2 heteroatoms. The van der Waals surface area contributed by atoms with Gasteiger partial charge < -0.3 is 14.8 Å². The van der Waals surface area contributed by atoms with E-state index >= 15 is 0 Å². The van der Waals surface area contributed by atoms with Gasteiger partial charge in [0.2, 0.25) is 0 Å². The van der Waals surface area contributed by atoms with Crippen molar-refractivity contribution in [1.82, 2.24) is 0 Å². The smallest absolute Gasteiger partial charge is 0.0842 e. The molecule has 0 N–H and O–H groups in total. The Labute approximate surface area is 35.9 Å². The van der Waals surface area contributed by atoms with Crippen LogP contribution < -0.4 is 0 Å². The van der Waals surface area contributed by atoms with E-state index in [9.17, 15) is 0 Å². The molecule has 0 amide bonds. The molecule has 0 aromatic heterocycles. The van der Waals surface area contributed by atoms with Crippen LogP contribution in [0.1, 0.15) is 0 Å². The van der Waals surface area contributed by atoms with Gasteiger partial charge in [0.25, 0.3) is 0 Å². The van der Waals surface area contributed by atoms with Gasteiger partial charge in [-0.05, 0) is 0 Å². The van der Waals surface area contributed by atoms with E-state index in [-0.39, 0.29) is 7.80 Å². The van der Waals surface area contributed by atoms with Crippen LogP contribution in [0.5, 0.6) is 0 Å². The number of hydrogen-bond acceptors (Lipinski definition) is 0. The van der Waals surface area contributed by atoms with Gasteiger partial charge in [-0.15, -0.1) is 0 Å². The van der Waals surface area contributed by atoms with Crippen molar-refractivity contribution in [2.24, 2.45) is 0 Å². The standard InChI is InChI=1S/C3H9BP/c1-4-5(2)3/h1-3H3/q-1. The van der Waals surface area contributed by atoms with E-state index in [1.54, 1.807) is 0 Å². The highest BCUT2D eigenvalue weighted by Gasteiger charge is 1.59. The van der Waals surface area contributed by atoms with Gasteiger partial charge in [0.1, 0.15) is 0 Å². The van der Waals surface area contributed by atoms with E-state index in [2.05, 4.69) is 27.2 Å². The Morgan fingerprint density at radius 2 is 1.60 bits per heavy atom. The Hall–Kier alpha value is 0.495. The maximum atomic E-state index is 2.23. The van der Waals surface area contributed by atoms with Gasteiger partial charge in [0, 0.05) is 0 Å². The SMILES string of the molecule is C[B-]P(C)C. The third-order valence-corrected chi connectivity index (χ3v) is 1.55. The first-order valence-electron chi connectivity index (χ1n) is 1.73. The molecule has 0 aromatic carbocycles. The molecule has 30 valence electrons. The summed E-state index contributed by atoms with van der Waals surface area (Å²) >= 11 is 0. The quantitative estimate of drug-likeness (QED) is 0.335. The zero-order chi connectivity index (χ0) is 4.28. The first-order chi connectivity index (χ1) is 2.27. The Bertz CT molecular complexity index is 20.9. The van der Waals surface area contributed by atoms with Crippen LogP contribution in [-0.4, -0.2) is 20.3 Å². The fourth-order valence-electron chi connectivity index (χ4n) is 0. The average Bonchev–Trinajstić information content (AvgIpc) is 1.38. The average molecular weight is 86.9 g/mol. The first kappa shape index (κ1) is 5.49. The lowest BCUT2D eigenvalue weighted by Gasteiger charge is -2.12. The second kappa shape index (κ2) is 2.72. The molecule has 0 heterocycles. The monoisotopic (exact) mass is 87.1 g/mol. The Morgan fingerprint density at radius 3 is 1.60 bits per heavy atom. The predicted octanol–water partition coefficient (Wildman–Crippen LogP) is 1.40. The van der Waals surface area contributed by atoms with Crippen molar-refractivity contribution in [3.8, 4) is 0 Å². The summed E-state index contributed by atoms with van der Waals surface area (Å²) in [6, 6.07) is 0. The molecule has 0 rings (SSSR count). The predicted molar refractivity (Wildman–Crippen MR) is 30.4 cm³/mol. The first-order valence-corrected chi connectivity index (χ1v) is 4.04. The van der Waals surface area contributed by atoms with Crippen LogP contribution in [0.4, 0.5) is 0 Å². The lowest BCUT2D eigenvalue weighted by atomic mass is 10.2. The molecule has 0 aromatic rings. The van der Waals surface area contributed by atoms with E-state index in [4.69, 9.17) is 0 Å². The zero-order valence-corrected chi connectivity index (χ0v) is 4.92. The van der Waals surface area contributed by atoms with Gasteiger partial charge in [-0.2, -0.15) is 0 Å². The summed E-state index contributed by atoms with van der Waals surface area (Å²) in [6.07, 6.45) is 0. The van der Waals surface area contributed by atoms with Crippen LogP contribution in [-0.2, 0) is 0 Å². The van der Waals surface area contributed by atoms with Gasteiger partial charge in [-0.1, -0.05) is 13.3 Å². The summed E-state index contributed by atoms with van der Waals surface area (Å²) in [5.74, 6) is 0. The molecule has 0 spiro atoms. The van der Waals surface area contributed by atoms with E-state index in [1.807, 2.05) is 0 Å². The summed E-state index contributed by atoms with van der Waals surface area (Å²) in [7, 11) is 0.277. The minimum atomic E-state index is 0.277. The normalized spacial score (nSPS) is 9.60. The summed E-state index contributed by atoms with van der Waals surface area (Å²) in [4.78, 5) is 0. The molecular formula is C3H9BP-. The van der Waals surface area contributed by atoms with Crippen LogP contribution in [0.3, 0.4) is 0 Å². The van der Waals surface area contributed by atoms with E-state index in [0.29, 0.717) is 0 Å². The summed E-state index contributed by atoms with van der Waals surface area (Å²) in [5, 5.41) is 0. The highest BCUT2D eigenvalue weighted by atomic mass is 31.1. The van der Waals surface area contributed by atoms with E-state index in [1.165, 1.54) is 0 Å². The van der Waals surface area contributed by atoms with Gasteiger partial charge in [-0.3, -0.25) is 0 Å². The molecule has 2 radical (unpaired) electrons. The molecule has 0 atom stereocenters. The van der Waals surface area contributed by atoms with E-state index in [0.717, 1.165) is 0 Å². The largest absolute Gasteiger partial charge is 0.355 e. The van der Waals surface area contributed by atoms with Gasteiger partial charge >= 0.3 is 0 Å². The fraction of sp³-hybridized carbons (Fsp3) is 1.00. The molecule has 5 heavy (non-hydrogen) atoms. The molecule has 0 aliphatic heterocycles. The van der Waals surface area contributed by atoms with Crippen molar-refractivity contribution < 1.29 is 0 Å². The van der Waals surface area contributed by atoms with Gasteiger partial charge in [0.15, 0.2) is 0 Å². The molecule has 0 unspecified atom stereocenters. The van der Waals surface area contributed by atoms with Crippen LogP contribution in [0.2, 0.25) is 6.82 Å². The third kappa shape index (κ3) is 4.49. The zero-order valence-electron chi connectivity index (χ0n) is 4.02. The van der Waals surface area contributed by atoms with E-state index < -0.39 is 0 Å². The van der Waals surface area contributed by atoms with Crippen molar-refractivity contribution in [2.45, 2.75) is 6.82 Å². The highest BCUT2D eigenvalue weighted by molar-refractivity contribution is 7.84. The van der Waals surface area contributed by atoms with Crippen molar-refractivity contribution in [3.05, 3.63) is 0 Å². The lowest BCUT2D eigenvalue weighted by Crippen LogP contribution is -1.71. The second-order valence-electron chi connectivity index (χ2n) is 1.22. The van der Waals surface area contributed by atoms with Crippen LogP contribution in [0, 0.1) is 0 Å². The topological polar surface area (TPSA) is 0 Å². The maximum Gasteiger partial charge on any atom is -0.0842 e. The van der Waals surface area contributed by atoms with Crippen molar-refractivity contribution in [2.75, 3.05) is 13.3 Å². The van der Waals surface area contributed by atoms with Crippen LogP contribution in [0.15, 0.2) is 0 Å². The van der Waals surface area contributed by atoms with Crippen molar-refractivity contribution in [1.29, 1.82) is 0 Å². The van der Waals surface area contributed by atoms with Crippen molar-refractivity contribution >= 4 is 14.8 Å². The maximum absolute atomic E-state index is 2.23. The van der Waals surface area contributed by atoms with Gasteiger partial charge in [0.05, 0.1) is 0 Å². The fourth-order valence-corrected chi connectivity index (χ4v) is 0. The Morgan fingerprint density at radius 1 is 1.40 bits per heavy atom. The molecular weight excluding hydrogens is 77.8 g/mol. The lowest BCUT2D eigenvalue weighted by molar-refractivity contribution is 2.24. The molecule has 0 fully saturated rings. The highest BCUT2D eigenvalue weighted by Crippen LogP contribution is 2.19. The van der Waals surface area contributed by atoms with Crippen LogP contribution in [0.25, 0.3) is 0 Å². The van der Waals surface area contributed by atoms with Crippen molar-refractivity contribution in [3.63, 3.8) is 0 Å². The minimum Gasteiger partial charge on any atom is -0.355 e. The second-order valence-corrected chi connectivity index (χ2v) is 3.67. The number of rotatable bonds is 1. The summed E-state index contributed by atoms with van der Waals surface area (Å²) in [5.41, 5.74) is 0. The minimum absolute atomic E-state index is 0.277. The molecule has 0 saturated carbocycles. The third-order valence-electron chi connectivity index (χ3n) is 0.516. The Kier molecular flexibility index (Phi) is 2.99. The Balaban J connectivity index is 2.54. The molecule has 0 bridgehead atoms. The molecule has 0 aliphatic carbocycles. The van der Waals surface area contributed by atoms with Gasteiger partial charge in [-0.25, -0.2) is 6.82 Å². The summed E-state index contributed by atoms with van der Waals surface area (Å²) in [6.45, 7) is 8.80. The van der Waals surface area contributed by atoms with Crippen LogP contribution >= 0.6 is 7.80 Å². The number of hydrogen-bond donors (Lipinski definition) is 0. The molecule has 0 nitrogen and oxygen atoms in total.